The van der Waals surface area contributed by atoms with Crippen LogP contribution in [0.5, 0.6) is 0 Å². The van der Waals surface area contributed by atoms with Crippen LogP contribution < -0.4 is 4.90 Å². The fourth-order valence-electron chi connectivity index (χ4n) is 2.29. The van der Waals surface area contributed by atoms with Gasteiger partial charge >= 0.3 is 0 Å². The highest BCUT2D eigenvalue weighted by atomic mass is 19.2. The SMILES string of the molecule is CCN(C(=O)CCc1ccc(C#N)cc1)c1ccc(F)c(F)c1. The minimum Gasteiger partial charge on any atom is -0.313 e. The van der Waals surface area contributed by atoms with Gasteiger partial charge < -0.3 is 4.90 Å². The molecule has 0 atom stereocenters. The van der Waals surface area contributed by atoms with E-state index in [1.54, 1.807) is 31.2 Å². The molecule has 0 aliphatic carbocycles. The topological polar surface area (TPSA) is 44.1 Å². The molecule has 0 N–H and O–H groups in total. The predicted molar refractivity (Wildman–Crippen MR) is 83.9 cm³/mol. The number of carbonyl (C=O) groups excluding carboxylic acids is 1. The third kappa shape index (κ3) is 4.13. The van der Waals surface area contributed by atoms with Crippen molar-refractivity contribution in [1.82, 2.24) is 0 Å². The molecule has 3 nitrogen and oxygen atoms in total. The first-order valence-corrected chi connectivity index (χ1v) is 7.29. The van der Waals surface area contributed by atoms with Gasteiger partial charge in [-0.05, 0) is 43.2 Å². The van der Waals surface area contributed by atoms with E-state index < -0.39 is 11.6 Å². The summed E-state index contributed by atoms with van der Waals surface area (Å²) in [4.78, 5) is 13.7. The fourth-order valence-corrected chi connectivity index (χ4v) is 2.29. The van der Waals surface area contributed by atoms with Crippen LogP contribution in [-0.4, -0.2) is 12.5 Å². The lowest BCUT2D eigenvalue weighted by Crippen LogP contribution is -2.30. The lowest BCUT2D eigenvalue weighted by Gasteiger charge is -2.21. The van der Waals surface area contributed by atoms with Gasteiger partial charge in [-0.3, -0.25) is 4.79 Å². The quantitative estimate of drug-likeness (QED) is 0.842. The summed E-state index contributed by atoms with van der Waals surface area (Å²) in [6.45, 7) is 2.15. The van der Waals surface area contributed by atoms with E-state index in [0.29, 0.717) is 24.2 Å². The van der Waals surface area contributed by atoms with Gasteiger partial charge in [-0.15, -0.1) is 0 Å². The van der Waals surface area contributed by atoms with Gasteiger partial charge in [0.2, 0.25) is 5.91 Å². The molecule has 118 valence electrons. The maximum Gasteiger partial charge on any atom is 0.227 e. The fraction of sp³-hybridized carbons (Fsp3) is 0.222. The number of anilines is 1. The molecule has 0 bridgehead atoms. The average molecular weight is 314 g/mol. The van der Waals surface area contributed by atoms with Crippen molar-refractivity contribution >= 4 is 11.6 Å². The first kappa shape index (κ1) is 16.6. The Morgan fingerprint density at radius 2 is 1.83 bits per heavy atom. The first-order chi connectivity index (χ1) is 11.0. The van der Waals surface area contributed by atoms with Crippen LogP contribution in [0.1, 0.15) is 24.5 Å². The number of carbonyl (C=O) groups is 1. The van der Waals surface area contributed by atoms with Gasteiger partial charge in [0.15, 0.2) is 11.6 Å². The largest absolute Gasteiger partial charge is 0.313 e. The summed E-state index contributed by atoms with van der Waals surface area (Å²) in [5.41, 5.74) is 1.85. The van der Waals surface area contributed by atoms with Crippen molar-refractivity contribution in [2.24, 2.45) is 0 Å². The molecule has 2 rings (SSSR count). The van der Waals surface area contributed by atoms with Gasteiger partial charge in [0.1, 0.15) is 0 Å². The van der Waals surface area contributed by atoms with E-state index in [4.69, 9.17) is 5.26 Å². The normalized spacial score (nSPS) is 10.2. The van der Waals surface area contributed by atoms with Crippen LogP contribution in [0.15, 0.2) is 42.5 Å². The molecule has 23 heavy (non-hydrogen) atoms. The molecule has 0 spiro atoms. The Bertz CT molecular complexity index is 736. The van der Waals surface area contributed by atoms with Gasteiger partial charge in [-0.2, -0.15) is 5.26 Å². The number of nitriles is 1. The zero-order valence-electron chi connectivity index (χ0n) is 12.7. The van der Waals surface area contributed by atoms with E-state index in [1.165, 1.54) is 11.0 Å². The highest BCUT2D eigenvalue weighted by Crippen LogP contribution is 2.19. The Morgan fingerprint density at radius 1 is 1.13 bits per heavy atom. The highest BCUT2D eigenvalue weighted by molar-refractivity contribution is 5.93. The summed E-state index contributed by atoms with van der Waals surface area (Å²) < 4.78 is 26.3. The van der Waals surface area contributed by atoms with E-state index in [2.05, 4.69) is 0 Å². The van der Waals surface area contributed by atoms with Gasteiger partial charge in [0.25, 0.3) is 0 Å². The van der Waals surface area contributed by atoms with E-state index in [1.807, 2.05) is 6.07 Å². The number of aryl methyl sites for hydroxylation is 1. The van der Waals surface area contributed by atoms with Crippen molar-refractivity contribution in [2.45, 2.75) is 19.8 Å². The number of nitrogens with zero attached hydrogens (tertiary/aromatic N) is 2. The maximum atomic E-state index is 13.3. The summed E-state index contributed by atoms with van der Waals surface area (Å²) in [6.07, 6.45) is 0.767. The first-order valence-electron chi connectivity index (χ1n) is 7.29. The average Bonchev–Trinajstić information content (AvgIpc) is 2.57. The second kappa shape index (κ2) is 7.50. The Labute approximate surface area is 133 Å². The van der Waals surface area contributed by atoms with Crippen molar-refractivity contribution in [3.05, 3.63) is 65.2 Å². The molecule has 0 heterocycles. The summed E-state index contributed by atoms with van der Waals surface area (Å²) in [6, 6.07) is 12.5. The van der Waals surface area contributed by atoms with Gasteiger partial charge in [-0.25, -0.2) is 8.78 Å². The molecule has 0 saturated carbocycles. The Morgan fingerprint density at radius 3 is 2.39 bits per heavy atom. The monoisotopic (exact) mass is 314 g/mol. The molecule has 5 heteroatoms. The van der Waals surface area contributed by atoms with Crippen LogP contribution in [0, 0.1) is 23.0 Å². The second-order valence-electron chi connectivity index (χ2n) is 5.05. The van der Waals surface area contributed by atoms with E-state index in [-0.39, 0.29) is 12.3 Å². The van der Waals surface area contributed by atoms with Crippen molar-refractivity contribution in [3.8, 4) is 6.07 Å². The molecule has 0 aromatic heterocycles. The maximum absolute atomic E-state index is 13.3. The minimum absolute atomic E-state index is 0.164. The van der Waals surface area contributed by atoms with Gasteiger partial charge in [0, 0.05) is 24.7 Å². The summed E-state index contributed by atoms with van der Waals surface area (Å²) >= 11 is 0. The molecule has 0 aliphatic heterocycles. The lowest BCUT2D eigenvalue weighted by atomic mass is 10.1. The van der Waals surface area contributed by atoms with Crippen LogP contribution in [0.4, 0.5) is 14.5 Å². The van der Waals surface area contributed by atoms with Crippen LogP contribution in [0.2, 0.25) is 0 Å². The Kier molecular flexibility index (Phi) is 5.42. The third-order valence-electron chi connectivity index (χ3n) is 3.54. The smallest absolute Gasteiger partial charge is 0.227 e. The number of rotatable bonds is 5. The molecule has 0 unspecified atom stereocenters. The third-order valence-corrected chi connectivity index (χ3v) is 3.54. The molecule has 1 amide bonds. The molecule has 0 saturated heterocycles. The number of amides is 1. The zero-order chi connectivity index (χ0) is 16.8. The van der Waals surface area contributed by atoms with Crippen molar-refractivity contribution in [1.29, 1.82) is 5.26 Å². The lowest BCUT2D eigenvalue weighted by molar-refractivity contribution is -0.118. The second-order valence-corrected chi connectivity index (χ2v) is 5.05. The molecular weight excluding hydrogens is 298 g/mol. The highest BCUT2D eigenvalue weighted by Gasteiger charge is 2.15. The molecule has 0 radical (unpaired) electrons. The van der Waals surface area contributed by atoms with E-state index in [0.717, 1.165) is 17.7 Å². The minimum atomic E-state index is -0.971. The number of benzene rings is 2. The van der Waals surface area contributed by atoms with Crippen LogP contribution in [0.3, 0.4) is 0 Å². The van der Waals surface area contributed by atoms with Gasteiger partial charge in [-0.1, -0.05) is 12.1 Å². The number of hydrogen-bond acceptors (Lipinski definition) is 2. The standard InChI is InChI=1S/C18H16F2N2O/c1-2-22(15-8-9-16(19)17(20)11-15)18(23)10-7-13-3-5-14(12-21)6-4-13/h3-6,8-9,11H,2,7,10H2,1H3. The van der Waals surface area contributed by atoms with Crippen LogP contribution in [0.25, 0.3) is 0 Å². The molecule has 0 aliphatic rings. The van der Waals surface area contributed by atoms with E-state index >= 15 is 0 Å². The molecule has 2 aromatic carbocycles. The van der Waals surface area contributed by atoms with Crippen LogP contribution in [-0.2, 0) is 11.2 Å². The molecule has 2 aromatic rings. The van der Waals surface area contributed by atoms with Crippen molar-refractivity contribution in [3.63, 3.8) is 0 Å². The summed E-state index contributed by atoms with van der Waals surface area (Å²) in [7, 11) is 0. The van der Waals surface area contributed by atoms with E-state index in [9.17, 15) is 13.6 Å². The predicted octanol–water partition coefficient (Wildman–Crippen LogP) is 3.82. The summed E-state index contributed by atoms with van der Waals surface area (Å²) in [5, 5.41) is 8.75. The summed E-state index contributed by atoms with van der Waals surface area (Å²) in [5.74, 6) is -2.07. The molecular formula is C18H16F2N2O. The van der Waals surface area contributed by atoms with Crippen molar-refractivity contribution in [2.75, 3.05) is 11.4 Å². The van der Waals surface area contributed by atoms with Gasteiger partial charge in [0.05, 0.1) is 11.6 Å². The Balaban J connectivity index is 2.04. The Hall–Kier alpha value is -2.74. The van der Waals surface area contributed by atoms with Crippen molar-refractivity contribution < 1.29 is 13.6 Å². The number of hydrogen-bond donors (Lipinski definition) is 0. The zero-order valence-corrected chi connectivity index (χ0v) is 12.7. The molecule has 0 fully saturated rings. The van der Waals surface area contributed by atoms with Crippen LogP contribution >= 0.6 is 0 Å². The number of halogens is 2.